The van der Waals surface area contributed by atoms with Crippen molar-refractivity contribution in [2.75, 3.05) is 30.4 Å². The minimum Gasteiger partial charge on any atom is -0.495 e. The van der Waals surface area contributed by atoms with Crippen LogP contribution in [0.2, 0.25) is 0 Å². The second kappa shape index (κ2) is 6.35. The van der Waals surface area contributed by atoms with E-state index in [4.69, 9.17) is 4.74 Å². The van der Waals surface area contributed by atoms with Crippen molar-refractivity contribution >= 4 is 17.2 Å². The average molecular weight is 324 g/mol. The molecule has 24 heavy (non-hydrogen) atoms. The van der Waals surface area contributed by atoms with E-state index >= 15 is 0 Å². The van der Waals surface area contributed by atoms with Crippen LogP contribution in [0.3, 0.4) is 0 Å². The Morgan fingerprint density at radius 1 is 1.29 bits per heavy atom. The van der Waals surface area contributed by atoms with Crippen LogP contribution in [0.25, 0.3) is 5.65 Å². The van der Waals surface area contributed by atoms with Gasteiger partial charge in [-0.15, -0.1) is 10.2 Å². The van der Waals surface area contributed by atoms with Crippen molar-refractivity contribution in [2.24, 2.45) is 0 Å². The Kier molecular flexibility index (Phi) is 3.90. The highest BCUT2D eigenvalue weighted by molar-refractivity contribution is 5.63. The third-order valence-electron chi connectivity index (χ3n) is 4.40. The number of piperidine rings is 1. The molecule has 0 saturated carbocycles. The van der Waals surface area contributed by atoms with Gasteiger partial charge in [0.1, 0.15) is 12.1 Å². The predicted molar refractivity (Wildman–Crippen MR) is 92.6 cm³/mol. The maximum absolute atomic E-state index is 5.50. The number of nitrogens with zero attached hydrogens (tertiary/aromatic N) is 5. The predicted octanol–water partition coefficient (Wildman–Crippen LogP) is 2.21. The molecule has 124 valence electrons. The number of rotatable bonds is 4. The lowest BCUT2D eigenvalue weighted by Crippen LogP contribution is -2.42. The Morgan fingerprint density at radius 3 is 3.12 bits per heavy atom. The molecule has 2 aromatic heterocycles. The lowest BCUT2D eigenvalue weighted by molar-refractivity contribution is 0.411. The van der Waals surface area contributed by atoms with Crippen molar-refractivity contribution in [2.45, 2.75) is 18.9 Å². The van der Waals surface area contributed by atoms with Crippen LogP contribution in [-0.2, 0) is 0 Å². The number of aromatic nitrogens is 4. The van der Waals surface area contributed by atoms with Gasteiger partial charge in [-0.1, -0.05) is 12.1 Å². The molecule has 0 bridgehead atoms. The number of ether oxygens (including phenoxy) is 1. The maximum Gasteiger partial charge on any atom is 0.203 e. The minimum atomic E-state index is 0.305. The van der Waals surface area contributed by atoms with Crippen LogP contribution in [0.15, 0.2) is 43.0 Å². The van der Waals surface area contributed by atoms with Crippen molar-refractivity contribution in [1.82, 2.24) is 19.6 Å². The highest BCUT2D eigenvalue weighted by Crippen LogP contribution is 2.30. The highest BCUT2D eigenvalue weighted by atomic mass is 16.5. The standard InChI is InChI=1S/C17H20N6O/c1-24-15-7-3-2-6-14(15)22-9-4-5-13(11-22)20-16-17-21-19-12-23(17)10-8-18-16/h2-3,6-8,10,12-13H,4-5,9,11H2,1H3,(H,18,20)/t13-/m0/s1. The molecule has 0 radical (unpaired) electrons. The first kappa shape index (κ1) is 14.7. The van der Waals surface area contributed by atoms with Gasteiger partial charge < -0.3 is 15.0 Å². The molecule has 1 atom stereocenters. The summed E-state index contributed by atoms with van der Waals surface area (Å²) in [7, 11) is 1.72. The van der Waals surface area contributed by atoms with Crippen molar-refractivity contribution < 1.29 is 4.74 Å². The fourth-order valence-corrected chi connectivity index (χ4v) is 3.26. The number of hydrogen-bond acceptors (Lipinski definition) is 6. The molecule has 0 spiro atoms. The molecular formula is C17H20N6O. The van der Waals surface area contributed by atoms with E-state index in [0.29, 0.717) is 6.04 Å². The monoisotopic (exact) mass is 324 g/mol. The minimum absolute atomic E-state index is 0.305. The molecule has 1 aliphatic rings. The van der Waals surface area contributed by atoms with Gasteiger partial charge in [0, 0.05) is 31.5 Å². The molecule has 7 nitrogen and oxygen atoms in total. The number of para-hydroxylation sites is 2. The lowest BCUT2D eigenvalue weighted by Gasteiger charge is -2.35. The zero-order chi connectivity index (χ0) is 16.4. The summed E-state index contributed by atoms with van der Waals surface area (Å²) < 4.78 is 7.37. The third kappa shape index (κ3) is 2.73. The van der Waals surface area contributed by atoms with E-state index in [-0.39, 0.29) is 0 Å². The zero-order valence-corrected chi connectivity index (χ0v) is 13.6. The first-order valence-electron chi connectivity index (χ1n) is 8.14. The Hall–Kier alpha value is -2.83. The quantitative estimate of drug-likeness (QED) is 0.794. The molecule has 0 unspecified atom stereocenters. The largest absolute Gasteiger partial charge is 0.495 e. The Morgan fingerprint density at radius 2 is 2.21 bits per heavy atom. The lowest BCUT2D eigenvalue weighted by atomic mass is 10.0. The fraction of sp³-hybridized carbons (Fsp3) is 0.353. The highest BCUT2D eigenvalue weighted by Gasteiger charge is 2.23. The maximum atomic E-state index is 5.50. The molecule has 1 fully saturated rings. The van der Waals surface area contributed by atoms with E-state index in [0.717, 1.165) is 48.8 Å². The van der Waals surface area contributed by atoms with Crippen molar-refractivity contribution in [3.63, 3.8) is 0 Å². The Labute approximate surface area is 140 Å². The van der Waals surface area contributed by atoms with Crippen molar-refractivity contribution in [3.05, 3.63) is 43.0 Å². The first-order chi connectivity index (χ1) is 11.8. The number of fused-ring (bicyclic) bond motifs is 1. The summed E-state index contributed by atoms with van der Waals surface area (Å²) in [6.07, 6.45) is 7.51. The van der Waals surface area contributed by atoms with Crippen LogP contribution in [0.4, 0.5) is 11.5 Å². The molecule has 1 N–H and O–H groups in total. The molecular weight excluding hydrogens is 304 g/mol. The third-order valence-corrected chi connectivity index (χ3v) is 4.40. The number of anilines is 2. The summed E-state index contributed by atoms with van der Waals surface area (Å²) in [5.41, 5.74) is 1.90. The number of methoxy groups -OCH3 is 1. The van der Waals surface area contributed by atoms with Gasteiger partial charge in [-0.25, -0.2) is 4.98 Å². The molecule has 7 heteroatoms. The van der Waals surface area contributed by atoms with Gasteiger partial charge in [0.25, 0.3) is 0 Å². The molecule has 1 aliphatic heterocycles. The van der Waals surface area contributed by atoms with Gasteiger partial charge in [0.15, 0.2) is 5.82 Å². The van der Waals surface area contributed by atoms with Gasteiger partial charge in [-0.2, -0.15) is 0 Å². The van der Waals surface area contributed by atoms with Gasteiger partial charge in [0.05, 0.1) is 12.8 Å². The fourth-order valence-electron chi connectivity index (χ4n) is 3.26. The molecule has 1 aromatic carbocycles. The molecule has 0 aliphatic carbocycles. The van der Waals surface area contributed by atoms with E-state index in [1.807, 2.05) is 28.8 Å². The summed E-state index contributed by atoms with van der Waals surface area (Å²) in [5, 5.41) is 11.6. The normalized spacial score (nSPS) is 17.9. The van der Waals surface area contributed by atoms with Crippen LogP contribution in [0, 0.1) is 0 Å². The summed E-state index contributed by atoms with van der Waals surface area (Å²) in [6.45, 7) is 1.93. The first-order valence-corrected chi connectivity index (χ1v) is 8.14. The summed E-state index contributed by atoms with van der Waals surface area (Å²) in [4.78, 5) is 6.79. The molecule has 4 rings (SSSR count). The van der Waals surface area contributed by atoms with Crippen LogP contribution >= 0.6 is 0 Å². The topological polar surface area (TPSA) is 67.6 Å². The van der Waals surface area contributed by atoms with Gasteiger partial charge in [-0.05, 0) is 25.0 Å². The summed E-state index contributed by atoms with van der Waals surface area (Å²) >= 11 is 0. The Balaban J connectivity index is 1.54. The molecule has 1 saturated heterocycles. The van der Waals surface area contributed by atoms with Crippen molar-refractivity contribution in [1.29, 1.82) is 0 Å². The molecule has 3 heterocycles. The zero-order valence-electron chi connectivity index (χ0n) is 13.6. The van der Waals surface area contributed by atoms with Crippen molar-refractivity contribution in [3.8, 4) is 5.75 Å². The van der Waals surface area contributed by atoms with E-state index < -0.39 is 0 Å². The average Bonchev–Trinajstić information content (AvgIpc) is 3.12. The molecule has 0 amide bonds. The number of hydrogen-bond donors (Lipinski definition) is 1. The Bertz CT molecular complexity index is 833. The van der Waals surface area contributed by atoms with E-state index in [2.05, 4.69) is 31.5 Å². The number of benzene rings is 1. The van der Waals surface area contributed by atoms with E-state index in [1.165, 1.54) is 0 Å². The van der Waals surface area contributed by atoms with Gasteiger partial charge >= 0.3 is 0 Å². The van der Waals surface area contributed by atoms with Gasteiger partial charge in [-0.3, -0.25) is 4.40 Å². The smallest absolute Gasteiger partial charge is 0.203 e. The molecule has 3 aromatic rings. The van der Waals surface area contributed by atoms with Crippen LogP contribution < -0.4 is 15.0 Å². The second-order valence-corrected chi connectivity index (χ2v) is 5.94. The van der Waals surface area contributed by atoms with Gasteiger partial charge in [0.2, 0.25) is 5.65 Å². The van der Waals surface area contributed by atoms with E-state index in [9.17, 15) is 0 Å². The second-order valence-electron chi connectivity index (χ2n) is 5.94. The number of nitrogens with one attached hydrogen (secondary N) is 1. The van der Waals surface area contributed by atoms with E-state index in [1.54, 1.807) is 19.6 Å². The van der Waals surface area contributed by atoms with Crippen LogP contribution in [0.1, 0.15) is 12.8 Å². The van der Waals surface area contributed by atoms with Crippen LogP contribution in [0.5, 0.6) is 5.75 Å². The summed E-state index contributed by atoms with van der Waals surface area (Å²) in [6, 6.07) is 8.47. The SMILES string of the molecule is COc1ccccc1N1CCC[C@H](Nc2nccn3cnnc23)C1. The summed E-state index contributed by atoms with van der Waals surface area (Å²) in [5.74, 6) is 1.69. The van der Waals surface area contributed by atoms with Crippen LogP contribution in [-0.4, -0.2) is 45.8 Å².